The second-order valence-electron chi connectivity index (χ2n) is 5.96. The maximum atomic E-state index is 10.9. The second-order valence-corrected chi connectivity index (χ2v) is 5.96. The van der Waals surface area contributed by atoms with Crippen molar-refractivity contribution in [1.29, 1.82) is 0 Å². The van der Waals surface area contributed by atoms with E-state index in [0.717, 1.165) is 6.42 Å². The number of aliphatic hydroxyl groups excluding tert-OH is 2. The zero-order chi connectivity index (χ0) is 18.8. The smallest absolute Gasteiger partial charge is 0.305 e. The third-order valence-corrected chi connectivity index (χ3v) is 3.63. The fourth-order valence-electron chi connectivity index (χ4n) is 2.11. The van der Waals surface area contributed by atoms with Gasteiger partial charge in [0, 0.05) is 6.42 Å². The van der Waals surface area contributed by atoms with E-state index in [1.54, 1.807) is 30.4 Å². The SMILES string of the molecule is CCCCC/C=C\CC(O)/C=C/C=C/C=C\C(O)CCCC(=O)OC. The Morgan fingerprint density at radius 3 is 2.28 bits per heavy atom. The van der Waals surface area contributed by atoms with Crippen LogP contribution in [0.4, 0.5) is 0 Å². The Bertz CT molecular complexity index is 435. The molecule has 25 heavy (non-hydrogen) atoms. The van der Waals surface area contributed by atoms with Gasteiger partial charge in [-0.25, -0.2) is 0 Å². The molecule has 0 bridgehead atoms. The summed E-state index contributed by atoms with van der Waals surface area (Å²) >= 11 is 0. The third kappa shape index (κ3) is 17.0. The molecule has 4 nitrogen and oxygen atoms in total. The molecular formula is C21H34O4. The van der Waals surface area contributed by atoms with Gasteiger partial charge < -0.3 is 14.9 Å². The zero-order valence-electron chi connectivity index (χ0n) is 15.6. The number of rotatable bonds is 14. The van der Waals surface area contributed by atoms with Gasteiger partial charge in [-0.05, 0) is 32.1 Å². The van der Waals surface area contributed by atoms with Crippen LogP contribution in [0.15, 0.2) is 48.6 Å². The Morgan fingerprint density at radius 2 is 1.64 bits per heavy atom. The number of unbranched alkanes of at least 4 members (excludes halogenated alkanes) is 3. The van der Waals surface area contributed by atoms with Crippen LogP contribution in [0, 0.1) is 0 Å². The summed E-state index contributed by atoms with van der Waals surface area (Å²) in [6, 6.07) is 0. The minimum Gasteiger partial charge on any atom is -0.469 e. The van der Waals surface area contributed by atoms with Gasteiger partial charge >= 0.3 is 5.97 Å². The fraction of sp³-hybridized carbons (Fsp3) is 0.571. The summed E-state index contributed by atoms with van der Waals surface area (Å²) in [7, 11) is 1.36. The largest absolute Gasteiger partial charge is 0.469 e. The summed E-state index contributed by atoms with van der Waals surface area (Å²) in [5, 5.41) is 19.5. The van der Waals surface area contributed by atoms with E-state index in [1.807, 2.05) is 12.2 Å². The summed E-state index contributed by atoms with van der Waals surface area (Å²) in [6.07, 6.45) is 20.6. The van der Waals surface area contributed by atoms with Gasteiger partial charge in [0.2, 0.25) is 0 Å². The van der Waals surface area contributed by atoms with Crippen LogP contribution in [0.1, 0.15) is 58.3 Å². The predicted octanol–water partition coefficient (Wildman–Crippen LogP) is 4.25. The molecule has 0 rings (SSSR count). The van der Waals surface area contributed by atoms with Crippen LogP contribution in [-0.2, 0) is 9.53 Å². The Labute approximate surface area is 152 Å². The van der Waals surface area contributed by atoms with E-state index < -0.39 is 12.2 Å². The van der Waals surface area contributed by atoms with E-state index in [-0.39, 0.29) is 5.97 Å². The summed E-state index contributed by atoms with van der Waals surface area (Å²) in [5.74, 6) is -0.254. The summed E-state index contributed by atoms with van der Waals surface area (Å²) in [5.41, 5.74) is 0. The van der Waals surface area contributed by atoms with Crippen LogP contribution >= 0.6 is 0 Å². The van der Waals surface area contributed by atoms with Gasteiger partial charge in [-0.15, -0.1) is 0 Å². The first kappa shape index (κ1) is 23.4. The van der Waals surface area contributed by atoms with Crippen LogP contribution in [-0.4, -0.2) is 35.5 Å². The molecule has 2 unspecified atom stereocenters. The number of carbonyl (C=O) groups excluding carboxylic acids is 1. The zero-order valence-corrected chi connectivity index (χ0v) is 15.6. The first-order chi connectivity index (χ1) is 12.1. The lowest BCUT2D eigenvalue weighted by atomic mass is 10.1. The van der Waals surface area contributed by atoms with Crippen molar-refractivity contribution in [2.24, 2.45) is 0 Å². The molecule has 0 aliphatic heterocycles. The molecule has 0 fully saturated rings. The molecule has 0 aromatic rings. The van der Waals surface area contributed by atoms with Gasteiger partial charge in [-0.2, -0.15) is 0 Å². The number of ether oxygens (including phenoxy) is 1. The highest BCUT2D eigenvalue weighted by atomic mass is 16.5. The van der Waals surface area contributed by atoms with Crippen LogP contribution in [0.3, 0.4) is 0 Å². The van der Waals surface area contributed by atoms with Gasteiger partial charge in [0.25, 0.3) is 0 Å². The maximum absolute atomic E-state index is 10.9. The van der Waals surface area contributed by atoms with Gasteiger partial charge in [0.1, 0.15) is 0 Å². The van der Waals surface area contributed by atoms with Crippen molar-refractivity contribution in [2.75, 3.05) is 7.11 Å². The monoisotopic (exact) mass is 350 g/mol. The molecule has 0 aromatic carbocycles. The van der Waals surface area contributed by atoms with Crippen LogP contribution in [0.2, 0.25) is 0 Å². The molecule has 2 N–H and O–H groups in total. The molecule has 0 aliphatic rings. The minimum absolute atomic E-state index is 0.254. The predicted molar refractivity (Wildman–Crippen MR) is 103 cm³/mol. The Morgan fingerprint density at radius 1 is 0.960 bits per heavy atom. The van der Waals surface area contributed by atoms with Crippen LogP contribution in [0.5, 0.6) is 0 Å². The van der Waals surface area contributed by atoms with Crippen molar-refractivity contribution < 1.29 is 19.7 Å². The molecule has 2 atom stereocenters. The lowest BCUT2D eigenvalue weighted by molar-refractivity contribution is -0.140. The molecule has 0 heterocycles. The highest BCUT2D eigenvalue weighted by molar-refractivity contribution is 5.68. The van der Waals surface area contributed by atoms with E-state index in [2.05, 4.69) is 17.7 Å². The normalized spacial score (nSPS) is 14.9. The number of esters is 1. The topological polar surface area (TPSA) is 66.8 Å². The first-order valence-corrected chi connectivity index (χ1v) is 9.19. The Kier molecular flexibility index (Phi) is 16.0. The highest BCUT2D eigenvalue weighted by Gasteiger charge is 2.02. The van der Waals surface area contributed by atoms with Gasteiger partial charge in [0.15, 0.2) is 0 Å². The molecule has 0 radical (unpaired) electrons. The number of allylic oxidation sites excluding steroid dienone is 5. The van der Waals surface area contributed by atoms with E-state index >= 15 is 0 Å². The number of hydrogen-bond donors (Lipinski definition) is 2. The number of methoxy groups -OCH3 is 1. The first-order valence-electron chi connectivity index (χ1n) is 9.19. The molecule has 0 saturated heterocycles. The summed E-state index contributed by atoms with van der Waals surface area (Å²) in [6.45, 7) is 2.19. The molecule has 0 amide bonds. The van der Waals surface area contributed by atoms with Gasteiger partial charge in [0.05, 0.1) is 19.3 Å². The quantitative estimate of drug-likeness (QED) is 0.213. The summed E-state index contributed by atoms with van der Waals surface area (Å²) < 4.78 is 4.54. The van der Waals surface area contributed by atoms with E-state index in [0.29, 0.717) is 25.7 Å². The van der Waals surface area contributed by atoms with E-state index in [4.69, 9.17) is 0 Å². The Hall–Kier alpha value is -1.65. The maximum Gasteiger partial charge on any atom is 0.305 e. The second kappa shape index (κ2) is 17.2. The Balaban J connectivity index is 3.82. The number of aliphatic hydroxyl groups is 2. The van der Waals surface area contributed by atoms with Crippen molar-refractivity contribution in [3.63, 3.8) is 0 Å². The number of carbonyl (C=O) groups is 1. The molecule has 142 valence electrons. The van der Waals surface area contributed by atoms with E-state index in [1.165, 1.54) is 26.4 Å². The average Bonchev–Trinajstić information content (AvgIpc) is 2.60. The van der Waals surface area contributed by atoms with Gasteiger partial charge in [-0.1, -0.05) is 68.4 Å². The molecule has 0 aliphatic carbocycles. The van der Waals surface area contributed by atoms with Gasteiger partial charge in [-0.3, -0.25) is 4.79 Å². The molecule has 0 spiro atoms. The third-order valence-electron chi connectivity index (χ3n) is 3.63. The van der Waals surface area contributed by atoms with Crippen LogP contribution < -0.4 is 0 Å². The highest BCUT2D eigenvalue weighted by Crippen LogP contribution is 2.04. The lowest BCUT2D eigenvalue weighted by Crippen LogP contribution is -2.05. The van der Waals surface area contributed by atoms with E-state index in [9.17, 15) is 15.0 Å². The lowest BCUT2D eigenvalue weighted by Gasteiger charge is -2.03. The number of hydrogen-bond acceptors (Lipinski definition) is 4. The average molecular weight is 350 g/mol. The molecular weight excluding hydrogens is 316 g/mol. The minimum atomic E-state index is -0.568. The summed E-state index contributed by atoms with van der Waals surface area (Å²) in [4.78, 5) is 10.9. The van der Waals surface area contributed by atoms with Crippen LogP contribution in [0.25, 0.3) is 0 Å². The molecule has 4 heteroatoms. The standard InChI is InChI=1S/C21H34O4/c1-3-4-5-6-7-10-14-19(22)15-11-8-9-12-16-20(23)17-13-18-21(24)25-2/h7-12,15-16,19-20,22-23H,3-6,13-14,17-18H2,1-2H3/b9-8+,10-7-,15-11+,16-12-. The van der Waals surface area contributed by atoms with Crippen molar-refractivity contribution >= 4 is 5.97 Å². The molecule has 0 aromatic heterocycles. The van der Waals surface area contributed by atoms with Crippen molar-refractivity contribution in [3.05, 3.63) is 48.6 Å². The van der Waals surface area contributed by atoms with Crippen molar-refractivity contribution in [1.82, 2.24) is 0 Å². The fourth-order valence-corrected chi connectivity index (χ4v) is 2.11. The van der Waals surface area contributed by atoms with Crippen molar-refractivity contribution in [2.45, 2.75) is 70.5 Å². The van der Waals surface area contributed by atoms with Crippen molar-refractivity contribution in [3.8, 4) is 0 Å². The molecule has 0 saturated carbocycles.